The first-order chi connectivity index (χ1) is 9.30. The molecule has 3 aliphatic rings. The number of nitrogens with zero attached hydrogens (tertiary/aromatic N) is 2. The molecular weight excluding hydrogens is 240 g/mol. The topological polar surface area (TPSA) is 24.9 Å². The molecule has 19 heavy (non-hydrogen) atoms. The van der Waals surface area contributed by atoms with Crippen molar-refractivity contribution in [3.8, 4) is 0 Å². The van der Waals surface area contributed by atoms with Gasteiger partial charge in [0.05, 0.1) is 19.8 Å². The van der Waals surface area contributed by atoms with E-state index in [1.54, 1.807) is 0 Å². The lowest BCUT2D eigenvalue weighted by molar-refractivity contribution is -0.141. The van der Waals surface area contributed by atoms with Gasteiger partial charge in [-0.2, -0.15) is 0 Å². The zero-order valence-corrected chi connectivity index (χ0v) is 11.9. The van der Waals surface area contributed by atoms with Crippen LogP contribution in [0.3, 0.4) is 0 Å². The quantitative estimate of drug-likeness (QED) is 0.708. The normalized spacial score (nSPS) is 34.3. The van der Waals surface area contributed by atoms with E-state index >= 15 is 0 Å². The molecule has 1 atom stereocenters. The highest BCUT2D eigenvalue weighted by Gasteiger charge is 2.41. The molecule has 0 aromatic heterocycles. The molecule has 0 bridgehead atoms. The van der Waals surface area contributed by atoms with Crippen LogP contribution < -0.4 is 0 Å². The van der Waals surface area contributed by atoms with E-state index in [0.29, 0.717) is 0 Å². The Hall–Kier alpha value is -0.420. The predicted molar refractivity (Wildman–Crippen MR) is 75.3 cm³/mol. The van der Waals surface area contributed by atoms with Gasteiger partial charge in [0, 0.05) is 39.3 Å². The number of hydrogen-bond acceptors (Lipinski definition) is 4. The van der Waals surface area contributed by atoms with Crippen molar-refractivity contribution in [2.75, 3.05) is 59.1 Å². The zero-order valence-electron chi connectivity index (χ0n) is 11.9. The molecular formula is C15H26N2O2. The van der Waals surface area contributed by atoms with Crippen LogP contribution in [0.15, 0.2) is 12.7 Å². The van der Waals surface area contributed by atoms with Crippen molar-refractivity contribution in [3.63, 3.8) is 0 Å². The fourth-order valence-electron chi connectivity index (χ4n) is 3.25. The van der Waals surface area contributed by atoms with Crippen LogP contribution in [0.4, 0.5) is 0 Å². The van der Waals surface area contributed by atoms with Gasteiger partial charge in [0.2, 0.25) is 0 Å². The van der Waals surface area contributed by atoms with Gasteiger partial charge in [-0.1, -0.05) is 6.08 Å². The van der Waals surface area contributed by atoms with Crippen LogP contribution in [0.5, 0.6) is 0 Å². The lowest BCUT2D eigenvalue weighted by Crippen LogP contribution is -2.59. The van der Waals surface area contributed by atoms with Crippen molar-refractivity contribution >= 4 is 0 Å². The molecule has 1 spiro atoms. The highest BCUT2D eigenvalue weighted by Crippen LogP contribution is 2.31. The van der Waals surface area contributed by atoms with E-state index in [1.165, 1.54) is 19.4 Å². The molecule has 0 radical (unpaired) electrons. The third-order valence-corrected chi connectivity index (χ3v) is 4.36. The molecule has 0 N–H and O–H groups in total. The minimum absolute atomic E-state index is 0.118. The number of rotatable bonds is 4. The Morgan fingerprint density at radius 1 is 1.16 bits per heavy atom. The second-order valence-electron chi connectivity index (χ2n) is 6.29. The molecule has 1 unspecified atom stereocenters. The zero-order chi connectivity index (χ0) is 13.1. The Morgan fingerprint density at radius 2 is 1.95 bits per heavy atom. The third kappa shape index (κ3) is 3.57. The Bertz CT molecular complexity index is 319. The number of ether oxygens (including phenoxy) is 2. The maximum Gasteiger partial charge on any atom is 0.117 e. The molecule has 2 heterocycles. The van der Waals surface area contributed by atoms with Gasteiger partial charge >= 0.3 is 0 Å². The third-order valence-electron chi connectivity index (χ3n) is 4.36. The molecule has 2 saturated heterocycles. The van der Waals surface area contributed by atoms with Gasteiger partial charge in [0.15, 0.2) is 0 Å². The molecule has 0 aromatic carbocycles. The number of morpholine rings is 1. The minimum Gasteiger partial charge on any atom is -0.377 e. The summed E-state index contributed by atoms with van der Waals surface area (Å²) in [4.78, 5) is 4.99. The van der Waals surface area contributed by atoms with E-state index in [4.69, 9.17) is 9.47 Å². The summed E-state index contributed by atoms with van der Waals surface area (Å²) in [6.45, 7) is 12.5. The van der Waals surface area contributed by atoms with Gasteiger partial charge in [-0.25, -0.2) is 0 Å². The van der Waals surface area contributed by atoms with Gasteiger partial charge in [0.25, 0.3) is 0 Å². The van der Waals surface area contributed by atoms with Gasteiger partial charge in [-0.3, -0.25) is 9.80 Å². The minimum atomic E-state index is -0.118. The van der Waals surface area contributed by atoms with E-state index < -0.39 is 0 Å². The molecule has 1 aliphatic carbocycles. The average molecular weight is 266 g/mol. The first-order valence-electron chi connectivity index (χ1n) is 7.57. The van der Waals surface area contributed by atoms with Crippen molar-refractivity contribution in [1.82, 2.24) is 9.80 Å². The Morgan fingerprint density at radius 3 is 2.74 bits per heavy atom. The molecule has 108 valence electrons. The van der Waals surface area contributed by atoms with E-state index in [9.17, 15) is 0 Å². The Kier molecular flexibility index (Phi) is 4.22. The second-order valence-corrected chi connectivity index (χ2v) is 6.29. The number of hydrogen-bond donors (Lipinski definition) is 0. The monoisotopic (exact) mass is 266 g/mol. The molecule has 4 nitrogen and oxygen atoms in total. The van der Waals surface area contributed by atoms with Crippen LogP contribution in [0.1, 0.15) is 12.8 Å². The first-order valence-corrected chi connectivity index (χ1v) is 7.57. The van der Waals surface area contributed by atoms with E-state index in [0.717, 1.165) is 58.5 Å². The maximum absolute atomic E-state index is 6.15. The van der Waals surface area contributed by atoms with Crippen LogP contribution >= 0.6 is 0 Å². The van der Waals surface area contributed by atoms with Crippen molar-refractivity contribution in [2.24, 2.45) is 5.92 Å². The van der Waals surface area contributed by atoms with Crippen molar-refractivity contribution in [2.45, 2.75) is 18.4 Å². The van der Waals surface area contributed by atoms with Crippen LogP contribution in [0.25, 0.3) is 0 Å². The second kappa shape index (κ2) is 5.92. The Labute approximate surface area is 116 Å². The van der Waals surface area contributed by atoms with Gasteiger partial charge < -0.3 is 9.47 Å². The molecule has 4 heteroatoms. The van der Waals surface area contributed by atoms with Crippen molar-refractivity contribution in [3.05, 3.63) is 12.7 Å². The SMILES string of the molecule is C=CCN1CCOCC2(C1)CN(CC1CC1)CCO2. The summed E-state index contributed by atoms with van der Waals surface area (Å²) in [5, 5.41) is 0. The molecule has 3 rings (SSSR count). The summed E-state index contributed by atoms with van der Waals surface area (Å²) in [6, 6.07) is 0. The molecule has 1 saturated carbocycles. The highest BCUT2D eigenvalue weighted by molar-refractivity contribution is 4.94. The van der Waals surface area contributed by atoms with E-state index in [-0.39, 0.29) is 5.60 Å². The molecule has 2 aliphatic heterocycles. The summed E-state index contributed by atoms with van der Waals surface area (Å²) in [7, 11) is 0. The predicted octanol–water partition coefficient (Wildman–Crippen LogP) is 0.986. The molecule has 0 aromatic rings. The van der Waals surface area contributed by atoms with E-state index in [1.807, 2.05) is 6.08 Å². The fourth-order valence-corrected chi connectivity index (χ4v) is 3.25. The van der Waals surface area contributed by atoms with Crippen LogP contribution in [0.2, 0.25) is 0 Å². The maximum atomic E-state index is 6.15. The fraction of sp³-hybridized carbons (Fsp3) is 0.867. The van der Waals surface area contributed by atoms with Crippen LogP contribution in [-0.4, -0.2) is 74.5 Å². The summed E-state index contributed by atoms with van der Waals surface area (Å²) < 4.78 is 12.0. The van der Waals surface area contributed by atoms with Gasteiger partial charge in [-0.15, -0.1) is 6.58 Å². The largest absolute Gasteiger partial charge is 0.377 e. The summed E-state index contributed by atoms with van der Waals surface area (Å²) in [5.74, 6) is 0.950. The standard InChI is InChI=1S/C15H26N2O2/c1-2-5-16-6-8-18-13-15(11-16)12-17(7-9-19-15)10-14-3-4-14/h2,14H,1,3-13H2. The summed E-state index contributed by atoms with van der Waals surface area (Å²) in [6.07, 6.45) is 4.82. The summed E-state index contributed by atoms with van der Waals surface area (Å²) in [5.41, 5.74) is -0.118. The summed E-state index contributed by atoms with van der Waals surface area (Å²) >= 11 is 0. The lowest BCUT2D eigenvalue weighted by atomic mass is 10.0. The highest BCUT2D eigenvalue weighted by atomic mass is 16.5. The Balaban J connectivity index is 1.62. The lowest BCUT2D eigenvalue weighted by Gasteiger charge is -2.43. The average Bonchev–Trinajstić information content (AvgIpc) is 3.19. The molecule has 0 amide bonds. The smallest absolute Gasteiger partial charge is 0.117 e. The van der Waals surface area contributed by atoms with Gasteiger partial charge in [-0.05, 0) is 18.8 Å². The molecule has 3 fully saturated rings. The van der Waals surface area contributed by atoms with Crippen molar-refractivity contribution < 1.29 is 9.47 Å². The van der Waals surface area contributed by atoms with Crippen LogP contribution in [0, 0.1) is 5.92 Å². The van der Waals surface area contributed by atoms with Crippen molar-refractivity contribution in [1.29, 1.82) is 0 Å². The first kappa shape index (κ1) is 13.6. The van der Waals surface area contributed by atoms with Gasteiger partial charge in [0.1, 0.15) is 5.60 Å². The van der Waals surface area contributed by atoms with E-state index in [2.05, 4.69) is 16.4 Å². The van der Waals surface area contributed by atoms with Crippen LogP contribution in [-0.2, 0) is 9.47 Å².